The van der Waals surface area contributed by atoms with Crippen molar-refractivity contribution in [3.05, 3.63) is 41.5 Å². The van der Waals surface area contributed by atoms with Crippen LogP contribution < -0.4 is 23.7 Å². The smallest absolute Gasteiger partial charge is 0.231 e. The van der Waals surface area contributed by atoms with Gasteiger partial charge in [0.15, 0.2) is 23.0 Å². The standard InChI is InChI=1S/C21H27NO6/c1-22(2)9-8-21(23,14-6-7-16-17(10-14)28-13-27-16)15-11-18(24-3)20(26-5)19(12-15)25-4/h6-7,10-12,23H,8-9,13H2,1-5H3. The predicted octanol–water partition coefficient (Wildman–Crippen LogP) is 2.63. The average molecular weight is 389 g/mol. The average Bonchev–Trinajstić information content (AvgIpc) is 3.18. The molecule has 7 heteroatoms. The van der Waals surface area contributed by atoms with E-state index in [4.69, 9.17) is 23.7 Å². The van der Waals surface area contributed by atoms with Gasteiger partial charge in [-0.25, -0.2) is 0 Å². The Hall–Kier alpha value is -2.64. The molecule has 0 radical (unpaired) electrons. The quantitative estimate of drug-likeness (QED) is 0.744. The van der Waals surface area contributed by atoms with E-state index in [9.17, 15) is 5.11 Å². The summed E-state index contributed by atoms with van der Waals surface area (Å²) in [4.78, 5) is 2.02. The lowest BCUT2D eigenvalue weighted by Crippen LogP contribution is -2.32. The molecule has 0 bridgehead atoms. The highest BCUT2D eigenvalue weighted by Gasteiger charge is 2.35. The second-order valence-electron chi connectivity index (χ2n) is 6.90. The van der Waals surface area contributed by atoms with Crippen molar-refractivity contribution < 1.29 is 28.8 Å². The van der Waals surface area contributed by atoms with E-state index in [1.807, 2.05) is 37.2 Å². The largest absolute Gasteiger partial charge is 0.493 e. The van der Waals surface area contributed by atoms with E-state index in [2.05, 4.69) is 0 Å². The number of aliphatic hydroxyl groups is 1. The summed E-state index contributed by atoms with van der Waals surface area (Å²) < 4.78 is 27.3. The summed E-state index contributed by atoms with van der Waals surface area (Å²) in [6.45, 7) is 0.848. The number of rotatable bonds is 8. The van der Waals surface area contributed by atoms with Gasteiger partial charge in [0.1, 0.15) is 5.60 Å². The lowest BCUT2D eigenvalue weighted by atomic mass is 9.83. The zero-order valence-corrected chi connectivity index (χ0v) is 16.9. The van der Waals surface area contributed by atoms with Crippen LogP contribution in [-0.4, -0.2) is 58.8 Å². The van der Waals surface area contributed by atoms with Gasteiger partial charge < -0.3 is 33.7 Å². The zero-order valence-electron chi connectivity index (χ0n) is 16.9. The predicted molar refractivity (Wildman–Crippen MR) is 105 cm³/mol. The number of hydrogen-bond acceptors (Lipinski definition) is 7. The van der Waals surface area contributed by atoms with E-state index >= 15 is 0 Å². The topological polar surface area (TPSA) is 69.6 Å². The molecule has 1 N–H and O–H groups in total. The highest BCUT2D eigenvalue weighted by molar-refractivity contribution is 5.57. The first-order valence-corrected chi connectivity index (χ1v) is 9.00. The normalized spacial score (nSPS) is 14.7. The molecular formula is C21H27NO6. The molecule has 0 saturated carbocycles. The molecule has 1 aliphatic heterocycles. The monoisotopic (exact) mass is 389 g/mol. The highest BCUT2D eigenvalue weighted by Crippen LogP contribution is 2.45. The fraction of sp³-hybridized carbons (Fsp3) is 0.429. The maximum Gasteiger partial charge on any atom is 0.231 e. The van der Waals surface area contributed by atoms with Gasteiger partial charge in [-0.2, -0.15) is 0 Å². The molecule has 0 aliphatic carbocycles. The summed E-state index contributed by atoms with van der Waals surface area (Å²) in [5.41, 5.74) is 0.0496. The number of fused-ring (bicyclic) bond motifs is 1. The number of nitrogens with zero attached hydrogens (tertiary/aromatic N) is 1. The van der Waals surface area contributed by atoms with Crippen LogP contribution in [0.25, 0.3) is 0 Å². The second-order valence-corrected chi connectivity index (χ2v) is 6.90. The third-order valence-corrected chi connectivity index (χ3v) is 4.91. The van der Waals surface area contributed by atoms with Crippen molar-refractivity contribution in [1.82, 2.24) is 4.90 Å². The summed E-state index contributed by atoms with van der Waals surface area (Å²) in [5, 5.41) is 11.9. The zero-order chi connectivity index (χ0) is 20.3. The summed E-state index contributed by atoms with van der Waals surface area (Å²) in [6, 6.07) is 9.05. The van der Waals surface area contributed by atoms with Crippen molar-refractivity contribution in [2.24, 2.45) is 0 Å². The van der Waals surface area contributed by atoms with Crippen LogP contribution in [0.4, 0.5) is 0 Å². The first-order valence-electron chi connectivity index (χ1n) is 9.00. The Labute approximate surface area is 165 Å². The van der Waals surface area contributed by atoms with Crippen LogP contribution in [0.15, 0.2) is 30.3 Å². The minimum atomic E-state index is -1.29. The minimum Gasteiger partial charge on any atom is -0.493 e. The molecule has 0 amide bonds. The van der Waals surface area contributed by atoms with E-state index in [1.165, 1.54) is 0 Å². The van der Waals surface area contributed by atoms with Gasteiger partial charge in [0.05, 0.1) is 21.3 Å². The molecule has 1 unspecified atom stereocenters. The third-order valence-electron chi connectivity index (χ3n) is 4.91. The Morgan fingerprint density at radius 3 is 2.14 bits per heavy atom. The summed E-state index contributed by atoms with van der Waals surface area (Å²) in [5.74, 6) is 2.74. The Morgan fingerprint density at radius 2 is 1.57 bits per heavy atom. The molecule has 1 aliphatic rings. The van der Waals surface area contributed by atoms with Crippen LogP contribution >= 0.6 is 0 Å². The highest BCUT2D eigenvalue weighted by atomic mass is 16.7. The molecule has 2 aromatic carbocycles. The number of ether oxygens (including phenoxy) is 5. The fourth-order valence-electron chi connectivity index (χ4n) is 3.31. The maximum atomic E-state index is 11.9. The first-order chi connectivity index (χ1) is 13.4. The molecule has 1 heterocycles. The van der Waals surface area contributed by atoms with Crippen molar-refractivity contribution in [3.8, 4) is 28.7 Å². The molecule has 3 rings (SSSR count). The Kier molecular flexibility index (Phi) is 5.86. The first kappa shape index (κ1) is 20.1. The van der Waals surface area contributed by atoms with Crippen LogP contribution in [0.2, 0.25) is 0 Å². The summed E-state index contributed by atoms with van der Waals surface area (Å²) in [6.07, 6.45) is 0.457. The van der Waals surface area contributed by atoms with Gasteiger partial charge in [-0.05, 0) is 55.9 Å². The fourth-order valence-corrected chi connectivity index (χ4v) is 3.31. The van der Waals surface area contributed by atoms with E-state index in [1.54, 1.807) is 33.5 Å². The van der Waals surface area contributed by atoms with Crippen molar-refractivity contribution >= 4 is 0 Å². The summed E-state index contributed by atoms with van der Waals surface area (Å²) >= 11 is 0. The minimum absolute atomic E-state index is 0.180. The lowest BCUT2D eigenvalue weighted by molar-refractivity contribution is 0.0621. The van der Waals surface area contributed by atoms with E-state index in [0.29, 0.717) is 52.8 Å². The van der Waals surface area contributed by atoms with Gasteiger partial charge in [-0.15, -0.1) is 0 Å². The van der Waals surface area contributed by atoms with Gasteiger partial charge >= 0.3 is 0 Å². The van der Waals surface area contributed by atoms with Gasteiger partial charge in [-0.1, -0.05) is 6.07 Å². The Balaban J connectivity index is 2.14. The van der Waals surface area contributed by atoms with Gasteiger partial charge in [0.25, 0.3) is 0 Å². The molecule has 7 nitrogen and oxygen atoms in total. The Morgan fingerprint density at radius 1 is 0.929 bits per heavy atom. The van der Waals surface area contributed by atoms with Crippen molar-refractivity contribution in [2.75, 3.05) is 48.8 Å². The number of methoxy groups -OCH3 is 3. The van der Waals surface area contributed by atoms with E-state index < -0.39 is 5.60 Å². The van der Waals surface area contributed by atoms with E-state index in [-0.39, 0.29) is 6.79 Å². The van der Waals surface area contributed by atoms with Crippen LogP contribution in [-0.2, 0) is 5.60 Å². The Bertz CT molecular complexity index is 813. The van der Waals surface area contributed by atoms with Crippen molar-refractivity contribution in [1.29, 1.82) is 0 Å². The molecule has 0 fully saturated rings. The van der Waals surface area contributed by atoms with Crippen LogP contribution in [0.3, 0.4) is 0 Å². The maximum absolute atomic E-state index is 11.9. The SMILES string of the molecule is COc1cc(C(O)(CCN(C)C)c2ccc3c(c2)OCO3)cc(OC)c1OC. The molecule has 1 atom stereocenters. The molecular weight excluding hydrogens is 362 g/mol. The van der Waals surface area contributed by atoms with Crippen molar-refractivity contribution in [2.45, 2.75) is 12.0 Å². The number of hydrogen-bond donors (Lipinski definition) is 1. The van der Waals surface area contributed by atoms with Gasteiger partial charge in [-0.3, -0.25) is 0 Å². The van der Waals surface area contributed by atoms with Gasteiger partial charge in [0.2, 0.25) is 12.5 Å². The lowest BCUT2D eigenvalue weighted by Gasteiger charge is -2.31. The van der Waals surface area contributed by atoms with Crippen LogP contribution in [0.5, 0.6) is 28.7 Å². The van der Waals surface area contributed by atoms with Crippen LogP contribution in [0, 0.1) is 0 Å². The second kappa shape index (κ2) is 8.16. The molecule has 2 aromatic rings. The number of benzene rings is 2. The third kappa shape index (κ3) is 3.68. The summed E-state index contributed by atoms with van der Waals surface area (Å²) in [7, 11) is 8.60. The van der Waals surface area contributed by atoms with Crippen LogP contribution in [0.1, 0.15) is 17.5 Å². The van der Waals surface area contributed by atoms with E-state index in [0.717, 1.165) is 0 Å². The molecule has 0 aromatic heterocycles. The molecule has 0 spiro atoms. The van der Waals surface area contributed by atoms with Crippen molar-refractivity contribution in [3.63, 3.8) is 0 Å². The van der Waals surface area contributed by atoms with Gasteiger partial charge in [0, 0.05) is 6.54 Å². The molecule has 152 valence electrons. The molecule has 0 saturated heterocycles. The molecule has 28 heavy (non-hydrogen) atoms.